The number of nitro groups is 2. The van der Waals surface area contributed by atoms with Gasteiger partial charge in [0.25, 0.3) is 11.4 Å². The van der Waals surface area contributed by atoms with Crippen LogP contribution in [0.4, 0.5) is 16.2 Å². The minimum absolute atomic E-state index is 0.0468. The third kappa shape index (κ3) is 5.76. The van der Waals surface area contributed by atoms with Crippen LogP contribution < -0.4 is 5.32 Å². The smallest absolute Gasteiger partial charge is 0.407 e. The Hall–Kier alpha value is -4.02. The van der Waals surface area contributed by atoms with Gasteiger partial charge in [0.1, 0.15) is 6.61 Å². The average molecular weight is 389 g/mol. The Labute approximate surface area is 157 Å². The zero-order valence-electron chi connectivity index (χ0n) is 14.3. The summed E-state index contributed by atoms with van der Waals surface area (Å²) in [6, 6.07) is 10.4. The van der Waals surface area contributed by atoms with Gasteiger partial charge in [0.2, 0.25) is 0 Å². The number of carboxylic acid groups (broad SMARTS) is 1. The number of ether oxygens (including phenoxy) is 1. The molecular formula is C17H15N3O8. The summed E-state index contributed by atoms with van der Waals surface area (Å²) in [5.41, 5.74) is -0.430. The first-order valence-electron chi connectivity index (χ1n) is 7.89. The van der Waals surface area contributed by atoms with Crippen molar-refractivity contribution in [3.63, 3.8) is 0 Å². The first kappa shape index (κ1) is 20.3. The Morgan fingerprint density at radius 3 is 2.11 bits per heavy atom. The number of rotatable bonds is 8. The summed E-state index contributed by atoms with van der Waals surface area (Å²) in [6.45, 7) is -0.469. The van der Waals surface area contributed by atoms with Gasteiger partial charge in [-0.3, -0.25) is 25.0 Å². The van der Waals surface area contributed by atoms with E-state index >= 15 is 0 Å². The van der Waals surface area contributed by atoms with Crippen molar-refractivity contribution in [1.82, 2.24) is 5.32 Å². The monoisotopic (exact) mass is 389 g/mol. The number of hydrogen-bond donors (Lipinski definition) is 2. The standard InChI is InChI=1S/C17H15N3O8/c21-16(22)9-15(12-4-2-1-3-5-12)18-17(23)28-10-11-6-13(19(24)25)8-14(7-11)20(26)27/h1-8,15H,9-10H2,(H,18,23)(H,21,22)/t15-/m1/s1. The van der Waals surface area contributed by atoms with Gasteiger partial charge < -0.3 is 15.2 Å². The van der Waals surface area contributed by atoms with E-state index < -0.39 is 45.9 Å². The second kappa shape index (κ2) is 9.07. The molecule has 0 heterocycles. The van der Waals surface area contributed by atoms with Gasteiger partial charge in [-0.15, -0.1) is 0 Å². The van der Waals surface area contributed by atoms with Gasteiger partial charge in [-0.25, -0.2) is 4.79 Å². The van der Waals surface area contributed by atoms with Crippen LogP contribution >= 0.6 is 0 Å². The lowest BCUT2D eigenvalue weighted by Crippen LogP contribution is -2.30. The molecule has 1 amide bonds. The van der Waals surface area contributed by atoms with E-state index in [4.69, 9.17) is 9.84 Å². The molecule has 0 aliphatic carbocycles. The summed E-state index contributed by atoms with van der Waals surface area (Å²) in [7, 11) is 0. The molecule has 11 nitrogen and oxygen atoms in total. The fraction of sp³-hybridized carbons (Fsp3) is 0.176. The highest BCUT2D eigenvalue weighted by Gasteiger charge is 2.20. The van der Waals surface area contributed by atoms with E-state index in [1.54, 1.807) is 30.3 Å². The Morgan fingerprint density at radius 1 is 1.04 bits per heavy atom. The van der Waals surface area contributed by atoms with Gasteiger partial charge in [-0.2, -0.15) is 0 Å². The molecular weight excluding hydrogens is 374 g/mol. The van der Waals surface area contributed by atoms with Crippen molar-refractivity contribution < 1.29 is 29.3 Å². The molecule has 146 valence electrons. The van der Waals surface area contributed by atoms with Gasteiger partial charge in [0.05, 0.1) is 28.4 Å². The zero-order valence-corrected chi connectivity index (χ0v) is 14.3. The summed E-state index contributed by atoms with van der Waals surface area (Å²) >= 11 is 0. The molecule has 0 unspecified atom stereocenters. The van der Waals surface area contributed by atoms with Gasteiger partial charge in [-0.05, 0) is 5.56 Å². The summed E-state index contributed by atoms with van der Waals surface area (Å²) in [6.07, 6.45) is -1.36. The van der Waals surface area contributed by atoms with Gasteiger partial charge in [0, 0.05) is 17.7 Å². The fourth-order valence-corrected chi connectivity index (χ4v) is 2.40. The minimum atomic E-state index is -1.14. The molecule has 2 aromatic rings. The summed E-state index contributed by atoms with van der Waals surface area (Å²) < 4.78 is 4.94. The van der Waals surface area contributed by atoms with E-state index in [-0.39, 0.29) is 12.0 Å². The van der Waals surface area contributed by atoms with Gasteiger partial charge in [-0.1, -0.05) is 30.3 Å². The third-order valence-corrected chi connectivity index (χ3v) is 3.63. The number of benzene rings is 2. The van der Waals surface area contributed by atoms with E-state index in [1.807, 2.05) is 0 Å². The van der Waals surface area contributed by atoms with Gasteiger partial charge >= 0.3 is 12.1 Å². The molecule has 0 spiro atoms. The molecule has 0 bridgehead atoms. The number of non-ortho nitro benzene ring substituents is 2. The quantitative estimate of drug-likeness (QED) is 0.514. The molecule has 2 rings (SSSR count). The largest absolute Gasteiger partial charge is 0.481 e. The maximum Gasteiger partial charge on any atom is 0.407 e. The number of alkyl carbamates (subject to hydrolysis) is 1. The lowest BCUT2D eigenvalue weighted by Gasteiger charge is -2.17. The molecule has 0 aromatic heterocycles. The number of carbonyl (C=O) groups is 2. The normalized spacial score (nSPS) is 11.3. The molecule has 0 saturated heterocycles. The van der Waals surface area contributed by atoms with Crippen LogP contribution in [0.25, 0.3) is 0 Å². The molecule has 0 radical (unpaired) electrons. The van der Waals surface area contributed by atoms with E-state index in [0.717, 1.165) is 18.2 Å². The molecule has 0 fully saturated rings. The zero-order chi connectivity index (χ0) is 20.7. The molecule has 28 heavy (non-hydrogen) atoms. The number of carbonyl (C=O) groups excluding carboxylic acids is 1. The van der Waals surface area contributed by atoms with Crippen molar-refractivity contribution in [2.45, 2.75) is 19.1 Å². The topological polar surface area (TPSA) is 162 Å². The third-order valence-electron chi connectivity index (χ3n) is 3.63. The number of carboxylic acids is 1. The Morgan fingerprint density at radius 2 is 1.61 bits per heavy atom. The highest BCUT2D eigenvalue weighted by atomic mass is 16.6. The van der Waals surface area contributed by atoms with Crippen LogP contribution in [0.2, 0.25) is 0 Å². The predicted octanol–water partition coefficient (Wildman–Crippen LogP) is 2.95. The van der Waals surface area contributed by atoms with Crippen molar-refractivity contribution in [2.75, 3.05) is 0 Å². The number of amides is 1. The number of nitrogens with zero attached hydrogens (tertiary/aromatic N) is 2. The minimum Gasteiger partial charge on any atom is -0.481 e. The Balaban J connectivity index is 2.09. The van der Waals surface area contributed by atoms with Crippen LogP contribution in [0.3, 0.4) is 0 Å². The van der Waals surface area contributed by atoms with Crippen molar-refractivity contribution in [1.29, 1.82) is 0 Å². The fourth-order valence-electron chi connectivity index (χ4n) is 2.40. The first-order chi connectivity index (χ1) is 13.3. The molecule has 11 heteroatoms. The Bertz CT molecular complexity index is 868. The second-order valence-electron chi connectivity index (χ2n) is 5.65. The average Bonchev–Trinajstić information content (AvgIpc) is 2.66. The number of nitrogens with one attached hydrogen (secondary N) is 1. The Kier molecular flexibility index (Phi) is 6.58. The van der Waals surface area contributed by atoms with Crippen LogP contribution in [-0.2, 0) is 16.1 Å². The molecule has 0 saturated carbocycles. The van der Waals surface area contributed by atoms with Crippen LogP contribution in [0.15, 0.2) is 48.5 Å². The summed E-state index contributed by atoms with van der Waals surface area (Å²) in [5, 5.41) is 33.2. The maximum atomic E-state index is 12.0. The number of hydrogen-bond acceptors (Lipinski definition) is 7. The van der Waals surface area contributed by atoms with Crippen molar-refractivity contribution >= 4 is 23.4 Å². The van der Waals surface area contributed by atoms with Crippen LogP contribution in [0.1, 0.15) is 23.6 Å². The molecule has 1 atom stereocenters. The highest BCUT2D eigenvalue weighted by Crippen LogP contribution is 2.23. The van der Waals surface area contributed by atoms with Crippen LogP contribution in [-0.4, -0.2) is 27.0 Å². The molecule has 0 aliphatic heterocycles. The first-order valence-corrected chi connectivity index (χ1v) is 7.89. The van der Waals surface area contributed by atoms with Crippen molar-refractivity contribution in [3.05, 3.63) is 79.9 Å². The lowest BCUT2D eigenvalue weighted by molar-refractivity contribution is -0.394. The van der Waals surface area contributed by atoms with E-state index in [1.165, 1.54) is 0 Å². The van der Waals surface area contributed by atoms with Crippen molar-refractivity contribution in [3.8, 4) is 0 Å². The van der Waals surface area contributed by atoms with Gasteiger partial charge in [0.15, 0.2) is 0 Å². The highest BCUT2D eigenvalue weighted by molar-refractivity contribution is 5.72. The van der Waals surface area contributed by atoms with Crippen LogP contribution in [0.5, 0.6) is 0 Å². The van der Waals surface area contributed by atoms with Crippen LogP contribution in [0, 0.1) is 20.2 Å². The number of aliphatic carboxylic acids is 1. The SMILES string of the molecule is O=C(O)C[C@@H](NC(=O)OCc1cc([N+](=O)[O-])cc([N+](=O)[O-])c1)c1ccccc1. The molecule has 2 aromatic carbocycles. The maximum absolute atomic E-state index is 12.0. The van der Waals surface area contributed by atoms with E-state index in [9.17, 15) is 29.8 Å². The summed E-state index contributed by atoms with van der Waals surface area (Å²) in [5.74, 6) is -1.14. The summed E-state index contributed by atoms with van der Waals surface area (Å²) in [4.78, 5) is 43.2. The number of nitro benzene ring substituents is 2. The second-order valence-corrected chi connectivity index (χ2v) is 5.65. The van der Waals surface area contributed by atoms with E-state index in [2.05, 4.69) is 5.32 Å². The van der Waals surface area contributed by atoms with Crippen molar-refractivity contribution in [2.24, 2.45) is 0 Å². The lowest BCUT2D eigenvalue weighted by atomic mass is 10.0. The molecule has 0 aliphatic rings. The predicted molar refractivity (Wildman–Crippen MR) is 94.5 cm³/mol. The molecule has 2 N–H and O–H groups in total. The van der Waals surface area contributed by atoms with E-state index in [0.29, 0.717) is 5.56 Å².